The zero-order valence-electron chi connectivity index (χ0n) is 13.5. The number of piperidine rings is 1. The first kappa shape index (κ1) is 15.8. The third kappa shape index (κ3) is 5.43. The van der Waals surface area contributed by atoms with Gasteiger partial charge in [-0.3, -0.25) is 4.79 Å². The summed E-state index contributed by atoms with van der Waals surface area (Å²) in [4.78, 5) is 14.4. The predicted molar refractivity (Wildman–Crippen MR) is 83.6 cm³/mol. The maximum absolute atomic E-state index is 12.3. The summed E-state index contributed by atoms with van der Waals surface area (Å²) in [6.45, 7) is 9.78. The molecule has 0 aromatic rings. The molecule has 20 heavy (non-hydrogen) atoms. The fourth-order valence-corrected chi connectivity index (χ4v) is 3.30. The number of nitrogens with one attached hydrogen (secondary N) is 1. The van der Waals surface area contributed by atoms with Crippen LogP contribution in [0.5, 0.6) is 0 Å². The molecular formula is C17H32N2O. The van der Waals surface area contributed by atoms with Gasteiger partial charge in [0.2, 0.25) is 5.91 Å². The summed E-state index contributed by atoms with van der Waals surface area (Å²) < 4.78 is 0. The molecule has 1 unspecified atom stereocenters. The highest BCUT2D eigenvalue weighted by Crippen LogP contribution is 2.28. The van der Waals surface area contributed by atoms with Crippen LogP contribution >= 0.6 is 0 Å². The molecule has 1 aliphatic heterocycles. The number of rotatable bonds is 7. The maximum atomic E-state index is 12.3. The zero-order chi connectivity index (χ0) is 14.5. The van der Waals surface area contributed by atoms with Crippen molar-refractivity contribution in [1.29, 1.82) is 0 Å². The summed E-state index contributed by atoms with van der Waals surface area (Å²) in [7, 11) is 0. The van der Waals surface area contributed by atoms with Gasteiger partial charge < -0.3 is 10.2 Å². The van der Waals surface area contributed by atoms with E-state index in [1.165, 1.54) is 19.4 Å². The average Bonchev–Trinajstić information content (AvgIpc) is 3.19. The van der Waals surface area contributed by atoms with Crippen LogP contribution in [0.15, 0.2) is 0 Å². The number of carbonyl (C=O) groups is 1. The van der Waals surface area contributed by atoms with Crippen molar-refractivity contribution in [3.8, 4) is 0 Å². The van der Waals surface area contributed by atoms with E-state index in [4.69, 9.17) is 0 Å². The lowest BCUT2D eigenvalue weighted by Crippen LogP contribution is -2.45. The SMILES string of the molecule is CC(C)CC(C)CC(=O)N1CCC(NCC2CC2)CC1. The zero-order valence-corrected chi connectivity index (χ0v) is 13.5. The Morgan fingerprint density at radius 3 is 2.35 bits per heavy atom. The highest BCUT2D eigenvalue weighted by Gasteiger charge is 2.26. The molecule has 3 heteroatoms. The van der Waals surface area contributed by atoms with E-state index in [1.54, 1.807) is 0 Å². The topological polar surface area (TPSA) is 32.3 Å². The van der Waals surface area contributed by atoms with Gasteiger partial charge >= 0.3 is 0 Å². The molecule has 1 N–H and O–H groups in total. The first-order chi connectivity index (χ1) is 9.54. The molecule has 1 heterocycles. The maximum Gasteiger partial charge on any atom is 0.222 e. The highest BCUT2D eigenvalue weighted by atomic mass is 16.2. The van der Waals surface area contributed by atoms with Crippen LogP contribution in [-0.2, 0) is 4.79 Å². The van der Waals surface area contributed by atoms with E-state index in [2.05, 4.69) is 31.0 Å². The van der Waals surface area contributed by atoms with Gasteiger partial charge in [0.15, 0.2) is 0 Å². The molecule has 3 nitrogen and oxygen atoms in total. The van der Waals surface area contributed by atoms with E-state index < -0.39 is 0 Å². The number of carbonyl (C=O) groups excluding carboxylic acids is 1. The van der Waals surface area contributed by atoms with Gasteiger partial charge in [0, 0.05) is 25.6 Å². The van der Waals surface area contributed by atoms with Gasteiger partial charge in [0.25, 0.3) is 0 Å². The number of hydrogen-bond donors (Lipinski definition) is 1. The Morgan fingerprint density at radius 1 is 1.15 bits per heavy atom. The fourth-order valence-electron chi connectivity index (χ4n) is 3.30. The molecule has 1 amide bonds. The summed E-state index contributed by atoms with van der Waals surface area (Å²) in [5, 5.41) is 3.67. The molecule has 0 spiro atoms. The largest absolute Gasteiger partial charge is 0.343 e. The van der Waals surface area contributed by atoms with Crippen molar-refractivity contribution in [3.63, 3.8) is 0 Å². The first-order valence-electron chi connectivity index (χ1n) is 8.55. The third-order valence-electron chi connectivity index (χ3n) is 4.64. The number of likely N-dealkylation sites (tertiary alicyclic amines) is 1. The molecule has 2 rings (SSSR count). The summed E-state index contributed by atoms with van der Waals surface area (Å²) in [6.07, 6.45) is 6.99. The van der Waals surface area contributed by atoms with E-state index in [0.717, 1.165) is 44.7 Å². The molecule has 116 valence electrons. The highest BCUT2D eigenvalue weighted by molar-refractivity contribution is 5.76. The Morgan fingerprint density at radius 2 is 1.80 bits per heavy atom. The van der Waals surface area contributed by atoms with Gasteiger partial charge in [0.1, 0.15) is 0 Å². The average molecular weight is 280 g/mol. The molecule has 1 atom stereocenters. The normalized spacial score (nSPS) is 22.3. The standard InChI is InChI=1S/C17H32N2O/c1-13(2)10-14(3)11-17(20)19-8-6-16(7-9-19)18-12-15-4-5-15/h13-16,18H,4-12H2,1-3H3. The van der Waals surface area contributed by atoms with Crippen molar-refractivity contribution in [3.05, 3.63) is 0 Å². The van der Waals surface area contributed by atoms with Crippen molar-refractivity contribution in [2.45, 2.75) is 65.3 Å². The summed E-state index contributed by atoms with van der Waals surface area (Å²) in [6, 6.07) is 0.646. The number of amides is 1. The molecule has 1 saturated heterocycles. The summed E-state index contributed by atoms with van der Waals surface area (Å²) in [5.41, 5.74) is 0. The van der Waals surface area contributed by atoms with Gasteiger partial charge in [-0.2, -0.15) is 0 Å². The molecule has 0 radical (unpaired) electrons. The van der Waals surface area contributed by atoms with Gasteiger partial charge in [-0.15, -0.1) is 0 Å². The molecule has 0 aromatic carbocycles. The summed E-state index contributed by atoms with van der Waals surface area (Å²) >= 11 is 0. The number of nitrogens with zero attached hydrogens (tertiary/aromatic N) is 1. The third-order valence-corrected chi connectivity index (χ3v) is 4.64. The van der Waals surface area contributed by atoms with Crippen molar-refractivity contribution in [2.75, 3.05) is 19.6 Å². The lowest BCUT2D eigenvalue weighted by molar-refractivity contribution is -0.133. The van der Waals surface area contributed by atoms with Crippen molar-refractivity contribution < 1.29 is 4.79 Å². The lowest BCUT2D eigenvalue weighted by Gasteiger charge is -2.33. The van der Waals surface area contributed by atoms with Crippen molar-refractivity contribution >= 4 is 5.91 Å². The minimum absolute atomic E-state index is 0.374. The molecule has 0 aromatic heterocycles. The minimum atomic E-state index is 0.374. The van der Waals surface area contributed by atoms with Crippen LogP contribution in [0.4, 0.5) is 0 Å². The van der Waals surface area contributed by atoms with Gasteiger partial charge in [-0.25, -0.2) is 0 Å². The van der Waals surface area contributed by atoms with E-state index in [0.29, 0.717) is 23.8 Å². The van der Waals surface area contributed by atoms with E-state index >= 15 is 0 Å². The van der Waals surface area contributed by atoms with E-state index in [9.17, 15) is 4.79 Å². The summed E-state index contributed by atoms with van der Waals surface area (Å²) in [5.74, 6) is 2.54. The Bertz CT molecular complexity index is 304. The second kappa shape index (κ2) is 7.44. The molecule has 2 fully saturated rings. The van der Waals surface area contributed by atoms with E-state index in [-0.39, 0.29) is 0 Å². The second-order valence-corrected chi connectivity index (χ2v) is 7.45. The molecule has 1 saturated carbocycles. The number of hydrogen-bond acceptors (Lipinski definition) is 2. The van der Waals surface area contributed by atoms with E-state index in [1.807, 2.05) is 0 Å². The van der Waals surface area contributed by atoms with Crippen molar-refractivity contribution in [2.24, 2.45) is 17.8 Å². The molecular weight excluding hydrogens is 248 g/mol. The minimum Gasteiger partial charge on any atom is -0.343 e. The Kier molecular flexibility index (Phi) is 5.88. The monoisotopic (exact) mass is 280 g/mol. The van der Waals surface area contributed by atoms with Gasteiger partial charge in [0.05, 0.1) is 0 Å². The van der Waals surface area contributed by atoms with Crippen LogP contribution in [0.2, 0.25) is 0 Å². The molecule has 1 aliphatic carbocycles. The molecule has 2 aliphatic rings. The van der Waals surface area contributed by atoms with Crippen LogP contribution in [0.3, 0.4) is 0 Å². The Balaban J connectivity index is 1.62. The van der Waals surface area contributed by atoms with Crippen LogP contribution in [0, 0.1) is 17.8 Å². The predicted octanol–water partition coefficient (Wildman–Crippen LogP) is 3.05. The Labute approximate surface area is 124 Å². The Hall–Kier alpha value is -0.570. The first-order valence-corrected chi connectivity index (χ1v) is 8.55. The van der Waals surface area contributed by atoms with Gasteiger partial charge in [-0.05, 0) is 56.4 Å². The lowest BCUT2D eigenvalue weighted by atomic mass is 9.95. The molecule has 0 bridgehead atoms. The fraction of sp³-hybridized carbons (Fsp3) is 0.941. The quantitative estimate of drug-likeness (QED) is 0.777. The van der Waals surface area contributed by atoms with Crippen LogP contribution in [0.25, 0.3) is 0 Å². The van der Waals surface area contributed by atoms with Gasteiger partial charge in [-0.1, -0.05) is 20.8 Å². The van der Waals surface area contributed by atoms with Crippen molar-refractivity contribution in [1.82, 2.24) is 10.2 Å². The second-order valence-electron chi connectivity index (χ2n) is 7.45. The van der Waals surface area contributed by atoms with Crippen LogP contribution < -0.4 is 5.32 Å². The van der Waals surface area contributed by atoms with Crippen LogP contribution in [0.1, 0.15) is 59.3 Å². The van der Waals surface area contributed by atoms with Crippen LogP contribution in [-0.4, -0.2) is 36.5 Å². The smallest absolute Gasteiger partial charge is 0.222 e.